The van der Waals surface area contributed by atoms with Crippen molar-refractivity contribution in [3.05, 3.63) is 69.9 Å². The van der Waals surface area contributed by atoms with Crippen LogP contribution in [0.5, 0.6) is 0 Å². The molecule has 142 valence electrons. The van der Waals surface area contributed by atoms with Crippen LogP contribution in [0.25, 0.3) is 10.7 Å². The molecule has 0 aliphatic heterocycles. The van der Waals surface area contributed by atoms with Gasteiger partial charge in [0.05, 0.1) is 11.4 Å². The van der Waals surface area contributed by atoms with Crippen molar-refractivity contribution < 1.29 is 14.3 Å². The number of aromatic nitrogens is 2. The van der Waals surface area contributed by atoms with E-state index in [1.165, 1.54) is 22.5 Å². The van der Waals surface area contributed by atoms with Gasteiger partial charge >= 0.3 is 5.97 Å². The Balaban J connectivity index is 1.49. The lowest BCUT2D eigenvalue weighted by Crippen LogP contribution is -2.24. The number of thiazole rings is 1. The molecule has 0 fully saturated rings. The Bertz CT molecular complexity index is 1040. The van der Waals surface area contributed by atoms with Crippen LogP contribution in [0.3, 0.4) is 0 Å². The average molecular weight is 392 g/mol. The molecule has 4 rings (SSSR count). The number of Topliss-reactive ketones (excluding diaryl/α,β-unsaturated/α-hetero) is 1. The van der Waals surface area contributed by atoms with E-state index >= 15 is 0 Å². The molecule has 0 bridgehead atoms. The smallest absolute Gasteiger partial charge is 0.350 e. The normalized spacial score (nSPS) is 13.8. The van der Waals surface area contributed by atoms with Crippen LogP contribution in [0.4, 0.5) is 0 Å². The topological polar surface area (TPSA) is 69.2 Å². The van der Waals surface area contributed by atoms with E-state index in [2.05, 4.69) is 9.97 Å². The van der Waals surface area contributed by atoms with Gasteiger partial charge in [0, 0.05) is 11.8 Å². The summed E-state index contributed by atoms with van der Waals surface area (Å²) in [4.78, 5) is 34.4. The van der Waals surface area contributed by atoms with Crippen molar-refractivity contribution in [2.24, 2.45) is 0 Å². The minimum Gasteiger partial charge on any atom is -0.450 e. The Morgan fingerprint density at radius 2 is 1.96 bits per heavy atom. The van der Waals surface area contributed by atoms with Crippen LogP contribution in [-0.4, -0.2) is 27.8 Å². The fraction of sp³-hybridized carbons (Fsp3) is 0.273. The number of ketones is 1. The first-order chi connectivity index (χ1) is 13.5. The molecule has 1 aliphatic carbocycles. The van der Waals surface area contributed by atoms with Crippen molar-refractivity contribution in [1.29, 1.82) is 0 Å². The number of hydrogen-bond donors (Lipinski definition) is 0. The number of fused-ring (bicyclic) bond motifs is 1. The van der Waals surface area contributed by atoms with Gasteiger partial charge in [-0.25, -0.2) is 9.78 Å². The van der Waals surface area contributed by atoms with Crippen molar-refractivity contribution in [3.8, 4) is 10.7 Å². The summed E-state index contributed by atoms with van der Waals surface area (Å²) in [5.74, 6) is -0.714. The van der Waals surface area contributed by atoms with Gasteiger partial charge in [0.2, 0.25) is 5.78 Å². The van der Waals surface area contributed by atoms with Crippen LogP contribution >= 0.6 is 11.3 Å². The van der Waals surface area contributed by atoms with Crippen LogP contribution in [-0.2, 0) is 17.6 Å². The summed E-state index contributed by atoms with van der Waals surface area (Å²) in [6, 6.07) is 11.3. The van der Waals surface area contributed by atoms with Gasteiger partial charge < -0.3 is 4.74 Å². The van der Waals surface area contributed by atoms with Gasteiger partial charge in [-0.1, -0.05) is 18.2 Å². The Morgan fingerprint density at radius 1 is 1.14 bits per heavy atom. The zero-order valence-corrected chi connectivity index (χ0v) is 16.6. The number of esters is 1. The van der Waals surface area contributed by atoms with E-state index in [0.717, 1.165) is 19.3 Å². The number of hydrogen-bond acceptors (Lipinski definition) is 6. The molecule has 28 heavy (non-hydrogen) atoms. The molecule has 0 saturated heterocycles. The molecule has 0 amide bonds. The van der Waals surface area contributed by atoms with Crippen LogP contribution in [0.2, 0.25) is 0 Å². The predicted octanol–water partition coefficient (Wildman–Crippen LogP) is 4.43. The predicted molar refractivity (Wildman–Crippen MR) is 108 cm³/mol. The summed E-state index contributed by atoms with van der Waals surface area (Å²) in [5.41, 5.74) is 4.41. The number of nitrogens with zero attached hydrogens (tertiary/aromatic N) is 2. The SMILES string of the molecule is Cc1nc(-c2ccccn2)sc1C(=O)O[C@H](C)C(=O)c1ccc2c(c1)CCC2. The third kappa shape index (κ3) is 3.60. The first-order valence-corrected chi connectivity index (χ1v) is 10.1. The maximum atomic E-state index is 12.7. The summed E-state index contributed by atoms with van der Waals surface area (Å²) < 4.78 is 5.46. The highest BCUT2D eigenvalue weighted by Crippen LogP contribution is 2.28. The van der Waals surface area contributed by atoms with Crippen LogP contribution < -0.4 is 0 Å². The molecule has 0 unspecified atom stereocenters. The first kappa shape index (κ1) is 18.5. The summed E-state index contributed by atoms with van der Waals surface area (Å²) in [7, 11) is 0. The van der Waals surface area contributed by atoms with E-state index in [1.54, 1.807) is 20.0 Å². The van der Waals surface area contributed by atoms with Crippen molar-refractivity contribution in [1.82, 2.24) is 9.97 Å². The van der Waals surface area contributed by atoms with E-state index in [-0.39, 0.29) is 5.78 Å². The van der Waals surface area contributed by atoms with Gasteiger partial charge in [-0.05, 0) is 62.4 Å². The number of rotatable bonds is 5. The Morgan fingerprint density at radius 3 is 2.75 bits per heavy atom. The molecule has 0 radical (unpaired) electrons. The van der Waals surface area contributed by atoms with E-state index in [9.17, 15) is 9.59 Å². The zero-order chi connectivity index (χ0) is 19.7. The Hall–Kier alpha value is -2.86. The fourth-order valence-electron chi connectivity index (χ4n) is 3.41. The standard InChI is InChI=1S/C22H20N2O3S/c1-13-20(28-21(24-13)18-8-3-4-11-23-18)22(26)27-14(2)19(25)17-10-9-15-6-5-7-16(15)12-17/h3-4,8-12,14H,5-7H2,1-2H3/t14-/m1/s1. The second-order valence-electron chi connectivity index (χ2n) is 6.90. The lowest BCUT2D eigenvalue weighted by molar-refractivity contribution is 0.0322. The lowest BCUT2D eigenvalue weighted by atomic mass is 10.0. The molecule has 1 aromatic carbocycles. The number of carbonyl (C=O) groups excluding carboxylic acids is 2. The monoisotopic (exact) mass is 392 g/mol. The minimum atomic E-state index is -0.855. The van der Waals surface area contributed by atoms with Gasteiger partial charge in [-0.2, -0.15) is 0 Å². The second kappa shape index (κ2) is 7.64. The van der Waals surface area contributed by atoms with E-state index in [1.807, 2.05) is 36.4 Å². The molecular weight excluding hydrogens is 372 g/mol. The molecule has 6 heteroatoms. The zero-order valence-electron chi connectivity index (χ0n) is 15.8. The molecule has 1 atom stereocenters. The lowest BCUT2D eigenvalue weighted by Gasteiger charge is -2.12. The van der Waals surface area contributed by atoms with Crippen LogP contribution in [0, 0.1) is 6.92 Å². The molecule has 5 nitrogen and oxygen atoms in total. The molecule has 0 spiro atoms. The van der Waals surface area contributed by atoms with Gasteiger partial charge in [0.1, 0.15) is 9.88 Å². The molecule has 2 aromatic heterocycles. The number of aryl methyl sites for hydroxylation is 3. The highest BCUT2D eigenvalue weighted by atomic mass is 32.1. The maximum Gasteiger partial charge on any atom is 0.350 e. The number of carbonyl (C=O) groups is 2. The number of benzene rings is 1. The summed E-state index contributed by atoms with van der Waals surface area (Å²) >= 11 is 1.23. The molecule has 2 heterocycles. The number of ether oxygens (including phenoxy) is 1. The van der Waals surface area contributed by atoms with Crippen molar-refractivity contribution >= 4 is 23.1 Å². The molecule has 1 aliphatic rings. The van der Waals surface area contributed by atoms with Crippen LogP contribution in [0.15, 0.2) is 42.6 Å². The van der Waals surface area contributed by atoms with Gasteiger partial charge in [-0.15, -0.1) is 11.3 Å². The van der Waals surface area contributed by atoms with E-state index in [0.29, 0.717) is 26.8 Å². The minimum absolute atomic E-state index is 0.185. The van der Waals surface area contributed by atoms with Gasteiger partial charge in [-0.3, -0.25) is 9.78 Å². The molecule has 0 N–H and O–H groups in total. The molecule has 0 saturated carbocycles. The fourth-order valence-corrected chi connectivity index (χ4v) is 4.34. The van der Waals surface area contributed by atoms with Crippen molar-refractivity contribution in [2.75, 3.05) is 0 Å². The Kier molecular flexibility index (Phi) is 5.05. The summed E-state index contributed by atoms with van der Waals surface area (Å²) in [6.45, 7) is 3.37. The molecule has 3 aromatic rings. The quantitative estimate of drug-likeness (QED) is 0.475. The third-order valence-electron chi connectivity index (χ3n) is 4.90. The third-order valence-corrected chi connectivity index (χ3v) is 6.06. The van der Waals surface area contributed by atoms with Gasteiger partial charge in [0.25, 0.3) is 0 Å². The Labute approximate surface area is 167 Å². The van der Waals surface area contributed by atoms with E-state index in [4.69, 9.17) is 4.74 Å². The van der Waals surface area contributed by atoms with Crippen molar-refractivity contribution in [2.45, 2.75) is 39.2 Å². The van der Waals surface area contributed by atoms with Crippen molar-refractivity contribution in [3.63, 3.8) is 0 Å². The maximum absolute atomic E-state index is 12.7. The van der Waals surface area contributed by atoms with Crippen LogP contribution in [0.1, 0.15) is 50.2 Å². The highest BCUT2D eigenvalue weighted by Gasteiger charge is 2.25. The largest absolute Gasteiger partial charge is 0.450 e. The summed E-state index contributed by atoms with van der Waals surface area (Å²) in [5, 5.41) is 0.655. The second-order valence-corrected chi connectivity index (χ2v) is 7.90. The number of pyridine rings is 1. The van der Waals surface area contributed by atoms with E-state index < -0.39 is 12.1 Å². The average Bonchev–Trinajstić information content (AvgIpc) is 3.33. The van der Waals surface area contributed by atoms with Gasteiger partial charge in [0.15, 0.2) is 6.10 Å². The molecular formula is C22H20N2O3S. The first-order valence-electron chi connectivity index (χ1n) is 9.29. The highest BCUT2D eigenvalue weighted by molar-refractivity contribution is 7.17. The summed E-state index contributed by atoms with van der Waals surface area (Å²) in [6.07, 6.45) is 4.02.